The lowest BCUT2D eigenvalue weighted by Gasteiger charge is -2.08. The third-order valence-corrected chi connectivity index (χ3v) is 3.46. The van der Waals surface area contributed by atoms with E-state index in [0.29, 0.717) is 30.4 Å². The van der Waals surface area contributed by atoms with Gasteiger partial charge in [0.15, 0.2) is 0 Å². The molecule has 0 unspecified atom stereocenters. The van der Waals surface area contributed by atoms with Gasteiger partial charge < -0.3 is 15.1 Å². The van der Waals surface area contributed by atoms with Crippen LogP contribution in [0.4, 0.5) is 5.82 Å². The van der Waals surface area contributed by atoms with Crippen LogP contribution in [0, 0.1) is 6.92 Å². The van der Waals surface area contributed by atoms with Gasteiger partial charge in [0.05, 0.1) is 12.8 Å². The van der Waals surface area contributed by atoms with Gasteiger partial charge in [-0.2, -0.15) is 0 Å². The van der Waals surface area contributed by atoms with Crippen molar-refractivity contribution in [3.05, 3.63) is 77.6 Å². The monoisotopic (exact) mass is 322 g/mol. The van der Waals surface area contributed by atoms with Crippen molar-refractivity contribution in [3.8, 4) is 0 Å². The number of carbonyl (C=O) groups excluding carboxylic acids is 1. The Kier molecular flexibility index (Phi) is 4.86. The van der Waals surface area contributed by atoms with E-state index in [2.05, 4.69) is 39.7 Å². The largest absolute Gasteiger partial charge is 0.467 e. The van der Waals surface area contributed by atoms with Crippen LogP contribution in [0.2, 0.25) is 0 Å². The zero-order valence-corrected chi connectivity index (χ0v) is 13.3. The molecule has 6 heteroatoms. The van der Waals surface area contributed by atoms with Gasteiger partial charge in [0.2, 0.25) is 0 Å². The highest BCUT2D eigenvalue weighted by molar-refractivity contribution is 5.92. The van der Waals surface area contributed by atoms with Crippen LogP contribution in [-0.4, -0.2) is 15.9 Å². The molecule has 6 nitrogen and oxygen atoms in total. The summed E-state index contributed by atoms with van der Waals surface area (Å²) in [6.07, 6.45) is 2.94. The Morgan fingerprint density at radius 2 is 2.04 bits per heavy atom. The molecule has 122 valence electrons. The number of hydrogen-bond acceptors (Lipinski definition) is 5. The van der Waals surface area contributed by atoms with E-state index in [0.717, 1.165) is 5.56 Å². The lowest BCUT2D eigenvalue weighted by atomic mass is 10.1. The highest BCUT2D eigenvalue weighted by Crippen LogP contribution is 2.09. The molecule has 2 heterocycles. The molecule has 2 aromatic heterocycles. The van der Waals surface area contributed by atoms with Gasteiger partial charge in [-0.3, -0.25) is 4.79 Å². The first-order valence-electron chi connectivity index (χ1n) is 7.63. The second kappa shape index (κ2) is 7.41. The molecule has 0 aliphatic carbocycles. The van der Waals surface area contributed by atoms with Crippen molar-refractivity contribution >= 4 is 11.7 Å². The average Bonchev–Trinajstić information content (AvgIpc) is 3.12. The third-order valence-electron chi connectivity index (χ3n) is 3.46. The number of carbonyl (C=O) groups is 1. The normalized spacial score (nSPS) is 10.4. The lowest BCUT2D eigenvalue weighted by molar-refractivity contribution is 0.0943. The molecule has 3 rings (SSSR count). The Morgan fingerprint density at radius 1 is 1.12 bits per heavy atom. The van der Waals surface area contributed by atoms with E-state index in [1.54, 1.807) is 24.5 Å². The fourth-order valence-corrected chi connectivity index (χ4v) is 2.26. The van der Waals surface area contributed by atoms with Crippen molar-refractivity contribution in [1.29, 1.82) is 0 Å². The first-order valence-corrected chi connectivity index (χ1v) is 7.63. The Hall–Kier alpha value is -3.15. The van der Waals surface area contributed by atoms with Gasteiger partial charge in [-0.15, -0.1) is 0 Å². The van der Waals surface area contributed by atoms with Crippen LogP contribution in [0.3, 0.4) is 0 Å². The summed E-state index contributed by atoms with van der Waals surface area (Å²) < 4.78 is 5.18. The van der Waals surface area contributed by atoms with Crippen LogP contribution in [0.25, 0.3) is 0 Å². The molecule has 24 heavy (non-hydrogen) atoms. The topological polar surface area (TPSA) is 80.0 Å². The molecule has 0 bridgehead atoms. The van der Waals surface area contributed by atoms with Crippen molar-refractivity contribution in [1.82, 2.24) is 15.3 Å². The van der Waals surface area contributed by atoms with Crippen LogP contribution in [0.1, 0.15) is 27.4 Å². The van der Waals surface area contributed by atoms with Crippen molar-refractivity contribution in [3.63, 3.8) is 0 Å². The highest BCUT2D eigenvalue weighted by Gasteiger charge is 2.09. The van der Waals surface area contributed by atoms with Crippen LogP contribution in [0.5, 0.6) is 0 Å². The SMILES string of the molecule is Cc1cccc(CNc2cc(C(=O)NCc3ccco3)ncn2)c1. The summed E-state index contributed by atoms with van der Waals surface area (Å²) in [5.74, 6) is 1.03. The van der Waals surface area contributed by atoms with Crippen LogP contribution in [0.15, 0.2) is 59.5 Å². The molecular formula is C18H18N4O2. The molecule has 1 aromatic carbocycles. The number of aryl methyl sites for hydroxylation is 1. The molecule has 0 radical (unpaired) electrons. The van der Waals surface area contributed by atoms with Gasteiger partial charge in [0.1, 0.15) is 23.6 Å². The summed E-state index contributed by atoms with van der Waals surface area (Å²) in [6, 6.07) is 13.4. The first kappa shape index (κ1) is 15.7. The molecule has 1 amide bonds. The minimum Gasteiger partial charge on any atom is -0.467 e. The van der Waals surface area contributed by atoms with E-state index in [1.165, 1.54) is 11.9 Å². The van der Waals surface area contributed by atoms with Gasteiger partial charge in [-0.25, -0.2) is 9.97 Å². The average molecular weight is 322 g/mol. The molecule has 0 saturated carbocycles. The number of nitrogens with zero attached hydrogens (tertiary/aromatic N) is 2. The van der Waals surface area contributed by atoms with Gasteiger partial charge in [-0.1, -0.05) is 29.8 Å². The number of hydrogen-bond donors (Lipinski definition) is 2. The van der Waals surface area contributed by atoms with Gasteiger partial charge in [0.25, 0.3) is 5.91 Å². The van der Waals surface area contributed by atoms with Crippen LogP contribution in [-0.2, 0) is 13.1 Å². The molecule has 0 fully saturated rings. The van der Waals surface area contributed by atoms with Gasteiger partial charge in [0, 0.05) is 12.6 Å². The molecule has 0 aliphatic rings. The maximum Gasteiger partial charge on any atom is 0.270 e. The number of aromatic nitrogens is 2. The maximum absolute atomic E-state index is 12.1. The van der Waals surface area contributed by atoms with E-state index in [9.17, 15) is 4.79 Å². The second-order valence-electron chi connectivity index (χ2n) is 5.39. The fourth-order valence-electron chi connectivity index (χ4n) is 2.26. The Balaban J connectivity index is 1.60. The number of nitrogens with one attached hydrogen (secondary N) is 2. The molecule has 3 aromatic rings. The van der Waals surface area contributed by atoms with E-state index in [-0.39, 0.29) is 5.91 Å². The summed E-state index contributed by atoms with van der Waals surface area (Å²) >= 11 is 0. The minimum atomic E-state index is -0.271. The van der Waals surface area contributed by atoms with E-state index >= 15 is 0 Å². The molecule has 0 spiro atoms. The number of benzene rings is 1. The summed E-state index contributed by atoms with van der Waals surface area (Å²) in [7, 11) is 0. The van der Waals surface area contributed by atoms with Crippen molar-refractivity contribution in [2.45, 2.75) is 20.0 Å². The molecule has 0 saturated heterocycles. The zero-order valence-electron chi connectivity index (χ0n) is 13.3. The number of rotatable bonds is 6. The van der Waals surface area contributed by atoms with Crippen molar-refractivity contribution in [2.75, 3.05) is 5.32 Å². The zero-order chi connectivity index (χ0) is 16.8. The summed E-state index contributed by atoms with van der Waals surface area (Å²) in [6.45, 7) is 3.00. The van der Waals surface area contributed by atoms with Crippen molar-refractivity contribution in [2.24, 2.45) is 0 Å². The highest BCUT2D eigenvalue weighted by atomic mass is 16.3. The Bertz CT molecular complexity index is 815. The van der Waals surface area contributed by atoms with E-state index < -0.39 is 0 Å². The fraction of sp³-hybridized carbons (Fsp3) is 0.167. The summed E-state index contributed by atoms with van der Waals surface area (Å²) in [5, 5.41) is 5.96. The first-order chi connectivity index (χ1) is 11.7. The predicted octanol–water partition coefficient (Wildman–Crippen LogP) is 2.92. The van der Waals surface area contributed by atoms with Gasteiger partial charge >= 0.3 is 0 Å². The predicted molar refractivity (Wildman–Crippen MR) is 90.4 cm³/mol. The molecule has 0 aliphatic heterocycles. The smallest absolute Gasteiger partial charge is 0.270 e. The quantitative estimate of drug-likeness (QED) is 0.729. The standard InChI is InChI=1S/C18H18N4O2/c1-13-4-2-5-14(8-13)10-19-17-9-16(21-12-22-17)18(23)20-11-15-6-3-7-24-15/h2-9,12H,10-11H2,1H3,(H,20,23)(H,19,21,22). The van der Waals surface area contributed by atoms with Crippen LogP contribution < -0.4 is 10.6 Å². The van der Waals surface area contributed by atoms with E-state index in [1.807, 2.05) is 12.1 Å². The van der Waals surface area contributed by atoms with Gasteiger partial charge in [-0.05, 0) is 24.6 Å². The Morgan fingerprint density at radius 3 is 2.83 bits per heavy atom. The number of amides is 1. The molecule has 2 N–H and O–H groups in total. The number of furan rings is 1. The van der Waals surface area contributed by atoms with E-state index in [4.69, 9.17) is 4.42 Å². The lowest BCUT2D eigenvalue weighted by Crippen LogP contribution is -2.23. The second-order valence-corrected chi connectivity index (χ2v) is 5.39. The molecular weight excluding hydrogens is 304 g/mol. The number of anilines is 1. The Labute approximate surface area is 140 Å². The summed E-state index contributed by atoms with van der Waals surface area (Å²) in [5.41, 5.74) is 2.66. The molecule has 0 atom stereocenters. The minimum absolute atomic E-state index is 0.271. The summed E-state index contributed by atoms with van der Waals surface area (Å²) in [4.78, 5) is 20.3. The van der Waals surface area contributed by atoms with Crippen molar-refractivity contribution < 1.29 is 9.21 Å². The maximum atomic E-state index is 12.1. The third kappa shape index (κ3) is 4.19. The van der Waals surface area contributed by atoms with Crippen LogP contribution >= 0.6 is 0 Å².